The van der Waals surface area contributed by atoms with Crippen molar-refractivity contribution in [2.45, 2.75) is 40.0 Å². The van der Waals surface area contributed by atoms with E-state index in [1.807, 2.05) is 0 Å². The minimum absolute atomic E-state index is 0.534. The highest BCUT2D eigenvalue weighted by molar-refractivity contribution is 5.35. The number of nitrogens with one attached hydrogen (secondary N) is 1. The Balaban J connectivity index is 1.87. The van der Waals surface area contributed by atoms with E-state index in [0.717, 1.165) is 36.8 Å². The summed E-state index contributed by atoms with van der Waals surface area (Å²) in [5.74, 6) is 1.78. The summed E-state index contributed by atoms with van der Waals surface area (Å²) in [6, 6.07) is 2.07. The fourth-order valence-corrected chi connectivity index (χ4v) is 2.04. The molecule has 1 aliphatic carbocycles. The lowest BCUT2D eigenvalue weighted by Crippen LogP contribution is -2.09. The van der Waals surface area contributed by atoms with Crippen LogP contribution < -0.4 is 5.32 Å². The average Bonchev–Trinajstić information content (AvgIpc) is 2.85. The molecule has 0 aromatic carbocycles. The van der Waals surface area contributed by atoms with Crippen LogP contribution in [0.4, 0.5) is 5.82 Å². The lowest BCUT2D eigenvalue weighted by Gasteiger charge is -2.07. The summed E-state index contributed by atoms with van der Waals surface area (Å²) in [5.41, 5.74) is 1.67. The van der Waals surface area contributed by atoms with E-state index in [-0.39, 0.29) is 0 Å². The number of anilines is 1. The highest BCUT2D eigenvalue weighted by Crippen LogP contribution is 2.51. The molecule has 0 bridgehead atoms. The highest BCUT2D eigenvalue weighted by atomic mass is 15.0. The molecule has 3 nitrogen and oxygen atoms in total. The second-order valence-corrected chi connectivity index (χ2v) is 5.42. The van der Waals surface area contributed by atoms with Gasteiger partial charge in [-0.2, -0.15) is 0 Å². The van der Waals surface area contributed by atoms with Crippen LogP contribution in [0.1, 0.15) is 39.3 Å². The molecule has 2 rings (SSSR count). The van der Waals surface area contributed by atoms with E-state index in [4.69, 9.17) is 0 Å². The first-order valence-electron chi connectivity index (χ1n) is 6.16. The molecule has 1 aromatic heterocycles. The van der Waals surface area contributed by atoms with Gasteiger partial charge in [0.2, 0.25) is 0 Å². The van der Waals surface area contributed by atoms with Gasteiger partial charge in [-0.15, -0.1) is 0 Å². The van der Waals surface area contributed by atoms with E-state index in [9.17, 15) is 0 Å². The van der Waals surface area contributed by atoms with Gasteiger partial charge in [0.15, 0.2) is 0 Å². The van der Waals surface area contributed by atoms with Crippen LogP contribution >= 0.6 is 0 Å². The molecule has 1 aliphatic rings. The predicted octanol–water partition coefficient (Wildman–Crippen LogP) is 2.89. The van der Waals surface area contributed by atoms with Gasteiger partial charge in [0.1, 0.15) is 12.1 Å². The highest BCUT2D eigenvalue weighted by Gasteiger charge is 2.44. The van der Waals surface area contributed by atoms with Gasteiger partial charge >= 0.3 is 0 Å². The molecule has 1 saturated carbocycles. The Kier molecular flexibility index (Phi) is 3.13. The van der Waals surface area contributed by atoms with Crippen LogP contribution in [0.2, 0.25) is 0 Å². The van der Waals surface area contributed by atoms with Crippen LogP contribution in [0.25, 0.3) is 0 Å². The minimum atomic E-state index is 0.534. The molecule has 0 aliphatic heterocycles. The van der Waals surface area contributed by atoms with Crippen molar-refractivity contribution in [2.24, 2.45) is 11.3 Å². The zero-order valence-electron chi connectivity index (χ0n) is 10.5. The first-order chi connectivity index (χ1) is 7.62. The molecular formula is C13H21N3. The fraction of sp³-hybridized carbons (Fsp3) is 0.692. The third-order valence-corrected chi connectivity index (χ3v) is 3.48. The van der Waals surface area contributed by atoms with E-state index in [2.05, 4.69) is 42.1 Å². The molecule has 16 heavy (non-hydrogen) atoms. The van der Waals surface area contributed by atoms with E-state index in [0.29, 0.717) is 5.41 Å². The van der Waals surface area contributed by atoms with E-state index in [1.165, 1.54) is 6.42 Å². The average molecular weight is 219 g/mol. The summed E-state index contributed by atoms with van der Waals surface area (Å²) in [5, 5.41) is 3.41. The Morgan fingerprint density at radius 1 is 1.44 bits per heavy atom. The predicted molar refractivity (Wildman–Crippen MR) is 66.4 cm³/mol. The molecule has 1 N–H and O–H groups in total. The van der Waals surface area contributed by atoms with E-state index >= 15 is 0 Å². The van der Waals surface area contributed by atoms with Crippen molar-refractivity contribution in [2.75, 3.05) is 11.9 Å². The second-order valence-electron chi connectivity index (χ2n) is 5.42. The molecule has 1 heterocycles. The first kappa shape index (κ1) is 11.4. The van der Waals surface area contributed by atoms with E-state index < -0.39 is 0 Å². The van der Waals surface area contributed by atoms with Crippen molar-refractivity contribution in [3.05, 3.63) is 18.1 Å². The molecule has 88 valence electrons. The minimum Gasteiger partial charge on any atom is -0.370 e. The molecule has 3 heteroatoms. The molecule has 1 aromatic rings. The van der Waals surface area contributed by atoms with Crippen molar-refractivity contribution in [3.63, 3.8) is 0 Å². The summed E-state index contributed by atoms with van der Waals surface area (Å²) in [6.07, 6.45) is 5.15. The number of rotatable bonds is 5. The first-order valence-corrected chi connectivity index (χ1v) is 6.16. The van der Waals surface area contributed by atoms with Crippen LogP contribution in [0.5, 0.6) is 0 Å². The number of hydrogen-bond acceptors (Lipinski definition) is 3. The van der Waals surface area contributed by atoms with Crippen LogP contribution in [0.15, 0.2) is 12.4 Å². The Morgan fingerprint density at radius 2 is 2.19 bits per heavy atom. The van der Waals surface area contributed by atoms with E-state index in [1.54, 1.807) is 6.33 Å². The van der Waals surface area contributed by atoms with Crippen molar-refractivity contribution in [1.29, 1.82) is 0 Å². The van der Waals surface area contributed by atoms with Crippen molar-refractivity contribution in [1.82, 2.24) is 9.97 Å². The SMILES string of the molecule is CCCc1cc(NCC2CC2(C)C)ncn1. The molecular weight excluding hydrogens is 198 g/mol. The van der Waals surface area contributed by atoms with Crippen LogP contribution in [-0.2, 0) is 6.42 Å². The van der Waals surface area contributed by atoms with Gasteiger partial charge in [0.05, 0.1) is 0 Å². The number of hydrogen-bond donors (Lipinski definition) is 1. The summed E-state index contributed by atoms with van der Waals surface area (Å²) in [4.78, 5) is 8.50. The molecule has 0 amide bonds. The van der Waals surface area contributed by atoms with Crippen molar-refractivity contribution < 1.29 is 0 Å². The normalized spacial score (nSPS) is 21.8. The second kappa shape index (κ2) is 4.40. The number of nitrogens with zero attached hydrogens (tertiary/aromatic N) is 2. The monoisotopic (exact) mass is 219 g/mol. The summed E-state index contributed by atoms with van der Waals surface area (Å²) < 4.78 is 0. The standard InChI is InChI=1S/C13H21N3/c1-4-5-11-6-12(16-9-15-11)14-8-10-7-13(10,2)3/h6,9-10H,4-5,7-8H2,1-3H3,(H,14,15,16). The third-order valence-electron chi connectivity index (χ3n) is 3.48. The maximum absolute atomic E-state index is 4.25. The molecule has 0 spiro atoms. The lowest BCUT2D eigenvalue weighted by atomic mass is 10.1. The fourth-order valence-electron chi connectivity index (χ4n) is 2.04. The third kappa shape index (κ3) is 2.71. The number of aryl methyl sites for hydroxylation is 1. The summed E-state index contributed by atoms with van der Waals surface area (Å²) in [7, 11) is 0. The summed E-state index contributed by atoms with van der Waals surface area (Å²) in [6.45, 7) is 7.85. The van der Waals surface area contributed by atoms with Crippen molar-refractivity contribution in [3.8, 4) is 0 Å². The molecule has 0 saturated heterocycles. The Morgan fingerprint density at radius 3 is 2.81 bits per heavy atom. The maximum atomic E-state index is 4.25. The Bertz CT molecular complexity index is 360. The topological polar surface area (TPSA) is 37.8 Å². The van der Waals surface area contributed by atoms with Gasteiger partial charge in [0.25, 0.3) is 0 Å². The van der Waals surface area contributed by atoms with Gasteiger partial charge in [-0.3, -0.25) is 0 Å². The zero-order chi connectivity index (χ0) is 11.6. The number of aromatic nitrogens is 2. The largest absolute Gasteiger partial charge is 0.370 e. The molecule has 1 fully saturated rings. The zero-order valence-corrected chi connectivity index (χ0v) is 10.5. The smallest absolute Gasteiger partial charge is 0.129 e. The molecule has 1 atom stereocenters. The Hall–Kier alpha value is -1.12. The van der Waals surface area contributed by atoms with Gasteiger partial charge in [0, 0.05) is 18.3 Å². The van der Waals surface area contributed by atoms with Crippen molar-refractivity contribution >= 4 is 5.82 Å². The molecule has 1 unspecified atom stereocenters. The van der Waals surface area contributed by atoms with Gasteiger partial charge in [-0.05, 0) is 24.2 Å². The quantitative estimate of drug-likeness (QED) is 0.827. The van der Waals surface area contributed by atoms with Crippen LogP contribution in [-0.4, -0.2) is 16.5 Å². The Labute approximate surface area is 97.7 Å². The maximum Gasteiger partial charge on any atom is 0.129 e. The van der Waals surface area contributed by atoms with Gasteiger partial charge < -0.3 is 5.32 Å². The molecule has 0 radical (unpaired) electrons. The van der Waals surface area contributed by atoms with Crippen LogP contribution in [0.3, 0.4) is 0 Å². The van der Waals surface area contributed by atoms with Gasteiger partial charge in [-0.1, -0.05) is 27.2 Å². The van der Waals surface area contributed by atoms with Gasteiger partial charge in [-0.25, -0.2) is 9.97 Å². The lowest BCUT2D eigenvalue weighted by molar-refractivity contribution is 0.573. The van der Waals surface area contributed by atoms with Crippen LogP contribution in [0, 0.1) is 11.3 Å². The summed E-state index contributed by atoms with van der Waals surface area (Å²) >= 11 is 0.